The standard InChI is InChI=1S/C20H23N5O/c1-4-14-6-8-15(9-7-14)24-19-18(21)20(23-12-22-19)25-16-11-13(2)5-10-17(16)26-3/h5-12H,4,21H2,1-3H3,(H2,22,23,24,25). The summed E-state index contributed by atoms with van der Waals surface area (Å²) in [6.45, 7) is 4.14. The highest BCUT2D eigenvalue weighted by molar-refractivity contribution is 5.81. The fourth-order valence-corrected chi connectivity index (χ4v) is 2.60. The second-order valence-corrected chi connectivity index (χ2v) is 5.99. The predicted molar refractivity (Wildman–Crippen MR) is 107 cm³/mol. The summed E-state index contributed by atoms with van der Waals surface area (Å²) in [5.41, 5.74) is 10.8. The van der Waals surface area contributed by atoms with E-state index in [1.165, 1.54) is 11.9 Å². The molecule has 0 saturated carbocycles. The summed E-state index contributed by atoms with van der Waals surface area (Å²) in [5, 5.41) is 6.48. The molecule has 4 N–H and O–H groups in total. The molecule has 0 atom stereocenters. The molecule has 0 aliphatic rings. The van der Waals surface area contributed by atoms with E-state index < -0.39 is 0 Å². The van der Waals surface area contributed by atoms with Gasteiger partial charge < -0.3 is 21.1 Å². The molecule has 0 amide bonds. The van der Waals surface area contributed by atoms with Gasteiger partial charge >= 0.3 is 0 Å². The van der Waals surface area contributed by atoms with E-state index in [4.69, 9.17) is 10.5 Å². The van der Waals surface area contributed by atoms with Crippen molar-refractivity contribution in [2.45, 2.75) is 20.3 Å². The van der Waals surface area contributed by atoms with Crippen LogP contribution in [0, 0.1) is 6.92 Å². The van der Waals surface area contributed by atoms with Crippen LogP contribution in [-0.4, -0.2) is 17.1 Å². The number of hydrogen-bond acceptors (Lipinski definition) is 6. The van der Waals surface area contributed by atoms with Crippen LogP contribution in [0.25, 0.3) is 0 Å². The van der Waals surface area contributed by atoms with Crippen LogP contribution in [0.3, 0.4) is 0 Å². The number of anilines is 5. The minimum Gasteiger partial charge on any atom is -0.495 e. The Morgan fingerprint density at radius 2 is 1.69 bits per heavy atom. The maximum Gasteiger partial charge on any atom is 0.159 e. The smallest absolute Gasteiger partial charge is 0.159 e. The van der Waals surface area contributed by atoms with E-state index in [0.29, 0.717) is 17.3 Å². The molecule has 0 aliphatic carbocycles. The summed E-state index contributed by atoms with van der Waals surface area (Å²) >= 11 is 0. The first-order valence-electron chi connectivity index (χ1n) is 8.48. The Labute approximate surface area is 153 Å². The number of nitrogen functional groups attached to an aromatic ring is 1. The molecule has 134 valence electrons. The van der Waals surface area contributed by atoms with E-state index in [1.54, 1.807) is 7.11 Å². The van der Waals surface area contributed by atoms with Crippen molar-refractivity contribution in [3.63, 3.8) is 0 Å². The lowest BCUT2D eigenvalue weighted by Crippen LogP contribution is -2.06. The number of nitrogens with two attached hydrogens (primary N) is 1. The van der Waals surface area contributed by atoms with Gasteiger partial charge in [0.2, 0.25) is 0 Å². The van der Waals surface area contributed by atoms with Crippen molar-refractivity contribution in [1.82, 2.24) is 9.97 Å². The molecular weight excluding hydrogens is 326 g/mol. The lowest BCUT2D eigenvalue weighted by molar-refractivity contribution is 0.416. The Balaban J connectivity index is 1.86. The van der Waals surface area contributed by atoms with Gasteiger partial charge in [0.1, 0.15) is 17.8 Å². The van der Waals surface area contributed by atoms with Crippen LogP contribution in [0.4, 0.5) is 28.7 Å². The molecular formula is C20H23N5O. The van der Waals surface area contributed by atoms with Crippen LogP contribution in [0.2, 0.25) is 0 Å². The summed E-state index contributed by atoms with van der Waals surface area (Å²) < 4.78 is 5.40. The van der Waals surface area contributed by atoms with Crippen molar-refractivity contribution in [3.8, 4) is 5.75 Å². The number of aromatic nitrogens is 2. The summed E-state index contributed by atoms with van der Waals surface area (Å²) in [6, 6.07) is 14.1. The van der Waals surface area contributed by atoms with Gasteiger partial charge in [0, 0.05) is 5.69 Å². The van der Waals surface area contributed by atoms with Crippen molar-refractivity contribution in [2.24, 2.45) is 0 Å². The van der Waals surface area contributed by atoms with Crippen LogP contribution in [0.5, 0.6) is 5.75 Å². The molecule has 0 aliphatic heterocycles. The Morgan fingerprint density at radius 1 is 1.00 bits per heavy atom. The third-order valence-electron chi connectivity index (χ3n) is 4.12. The molecule has 0 unspecified atom stereocenters. The van der Waals surface area contributed by atoms with Crippen LogP contribution in [0.1, 0.15) is 18.1 Å². The van der Waals surface area contributed by atoms with E-state index in [2.05, 4.69) is 39.7 Å². The summed E-state index contributed by atoms with van der Waals surface area (Å²) in [5.74, 6) is 1.80. The van der Waals surface area contributed by atoms with E-state index in [0.717, 1.165) is 29.1 Å². The van der Waals surface area contributed by atoms with Gasteiger partial charge in [-0.15, -0.1) is 0 Å². The molecule has 0 spiro atoms. The number of rotatable bonds is 6. The molecule has 3 aromatic rings. The molecule has 0 radical (unpaired) electrons. The molecule has 0 fully saturated rings. The highest BCUT2D eigenvalue weighted by Crippen LogP contribution is 2.32. The SMILES string of the molecule is CCc1ccc(Nc2ncnc(Nc3cc(C)ccc3OC)c2N)cc1. The number of nitrogens with zero attached hydrogens (tertiary/aromatic N) is 2. The van der Waals surface area contributed by atoms with Gasteiger partial charge in [-0.05, 0) is 48.7 Å². The zero-order chi connectivity index (χ0) is 18.5. The summed E-state index contributed by atoms with van der Waals surface area (Å²) in [6.07, 6.45) is 2.48. The minimum atomic E-state index is 0.440. The molecule has 0 saturated heterocycles. The quantitative estimate of drug-likeness (QED) is 0.610. The highest BCUT2D eigenvalue weighted by atomic mass is 16.5. The Hall–Kier alpha value is -3.28. The third-order valence-corrected chi connectivity index (χ3v) is 4.12. The fraction of sp³-hybridized carbons (Fsp3) is 0.200. The first-order valence-corrected chi connectivity index (χ1v) is 8.48. The Kier molecular flexibility index (Phi) is 5.22. The number of benzene rings is 2. The Morgan fingerprint density at radius 3 is 2.35 bits per heavy atom. The lowest BCUT2D eigenvalue weighted by atomic mass is 10.1. The van der Waals surface area contributed by atoms with Gasteiger partial charge in [-0.2, -0.15) is 0 Å². The minimum absolute atomic E-state index is 0.440. The first kappa shape index (κ1) is 17.5. The largest absolute Gasteiger partial charge is 0.495 e. The van der Waals surface area contributed by atoms with E-state index in [-0.39, 0.29) is 0 Å². The number of ether oxygens (including phenoxy) is 1. The molecule has 26 heavy (non-hydrogen) atoms. The monoisotopic (exact) mass is 349 g/mol. The van der Waals surface area contributed by atoms with Gasteiger partial charge in [-0.25, -0.2) is 9.97 Å². The predicted octanol–water partition coefficient (Wildman–Crippen LogP) is 4.43. The zero-order valence-corrected chi connectivity index (χ0v) is 15.2. The number of nitrogens with one attached hydrogen (secondary N) is 2. The zero-order valence-electron chi connectivity index (χ0n) is 15.2. The van der Waals surface area contributed by atoms with Crippen LogP contribution in [0.15, 0.2) is 48.8 Å². The van der Waals surface area contributed by atoms with E-state index >= 15 is 0 Å². The van der Waals surface area contributed by atoms with Crippen molar-refractivity contribution in [3.05, 3.63) is 59.9 Å². The van der Waals surface area contributed by atoms with Gasteiger partial charge in [0.25, 0.3) is 0 Å². The fourth-order valence-electron chi connectivity index (χ4n) is 2.60. The van der Waals surface area contributed by atoms with Crippen LogP contribution < -0.4 is 21.1 Å². The van der Waals surface area contributed by atoms with E-state index in [9.17, 15) is 0 Å². The van der Waals surface area contributed by atoms with E-state index in [1.807, 2.05) is 37.3 Å². The van der Waals surface area contributed by atoms with Gasteiger partial charge in [0.15, 0.2) is 11.6 Å². The molecule has 6 nitrogen and oxygen atoms in total. The van der Waals surface area contributed by atoms with Crippen molar-refractivity contribution in [1.29, 1.82) is 0 Å². The molecule has 6 heteroatoms. The first-order chi connectivity index (χ1) is 12.6. The summed E-state index contributed by atoms with van der Waals surface area (Å²) in [7, 11) is 1.63. The summed E-state index contributed by atoms with van der Waals surface area (Å²) in [4.78, 5) is 8.53. The molecule has 1 heterocycles. The van der Waals surface area contributed by atoms with Crippen LogP contribution >= 0.6 is 0 Å². The maximum absolute atomic E-state index is 6.27. The molecule has 2 aromatic carbocycles. The lowest BCUT2D eigenvalue weighted by Gasteiger charge is -2.15. The molecule has 1 aromatic heterocycles. The second-order valence-electron chi connectivity index (χ2n) is 5.99. The van der Waals surface area contributed by atoms with Gasteiger partial charge in [-0.3, -0.25) is 0 Å². The number of methoxy groups -OCH3 is 1. The third kappa shape index (κ3) is 3.85. The molecule has 3 rings (SSSR count). The highest BCUT2D eigenvalue weighted by Gasteiger charge is 2.11. The average molecular weight is 349 g/mol. The van der Waals surface area contributed by atoms with Crippen molar-refractivity contribution >= 4 is 28.7 Å². The Bertz CT molecular complexity index is 893. The molecule has 0 bridgehead atoms. The number of aryl methyl sites for hydroxylation is 2. The number of hydrogen-bond donors (Lipinski definition) is 3. The maximum atomic E-state index is 6.27. The van der Waals surface area contributed by atoms with Crippen LogP contribution in [-0.2, 0) is 6.42 Å². The van der Waals surface area contributed by atoms with Crippen molar-refractivity contribution < 1.29 is 4.74 Å². The topological polar surface area (TPSA) is 85.1 Å². The van der Waals surface area contributed by atoms with Gasteiger partial charge in [0.05, 0.1) is 12.8 Å². The van der Waals surface area contributed by atoms with Gasteiger partial charge in [-0.1, -0.05) is 25.1 Å². The average Bonchev–Trinajstić information content (AvgIpc) is 2.66. The second kappa shape index (κ2) is 7.74. The normalized spacial score (nSPS) is 10.4. The van der Waals surface area contributed by atoms with Crippen molar-refractivity contribution in [2.75, 3.05) is 23.5 Å².